The third-order valence-corrected chi connectivity index (χ3v) is 5.11. The lowest BCUT2D eigenvalue weighted by Gasteiger charge is -2.46. The molecule has 2 aromatic rings. The SMILES string of the molecule is CC[C@@H](OC(C)=O)C(c1ccccc1)(c1ccccc1)C(C)CN(C)C.Cl. The molecule has 148 valence electrons. The maximum atomic E-state index is 11.9. The zero-order valence-corrected chi connectivity index (χ0v) is 17.8. The topological polar surface area (TPSA) is 29.5 Å². The normalized spacial score (nSPS) is 13.6. The third-order valence-electron chi connectivity index (χ3n) is 5.11. The minimum absolute atomic E-state index is 0. The molecule has 0 bridgehead atoms. The van der Waals surface area contributed by atoms with Gasteiger partial charge in [-0.25, -0.2) is 0 Å². The van der Waals surface area contributed by atoms with E-state index in [0.29, 0.717) is 0 Å². The Kier molecular flexibility index (Phi) is 9.01. The van der Waals surface area contributed by atoms with Gasteiger partial charge in [0.05, 0.1) is 5.41 Å². The molecule has 2 aromatic carbocycles. The second kappa shape index (κ2) is 10.5. The molecule has 0 saturated carbocycles. The van der Waals surface area contributed by atoms with Crippen molar-refractivity contribution in [2.45, 2.75) is 38.7 Å². The Bertz CT molecular complexity index is 649. The summed E-state index contributed by atoms with van der Waals surface area (Å²) in [5, 5.41) is 0. The summed E-state index contributed by atoms with van der Waals surface area (Å²) in [5.41, 5.74) is 1.97. The number of ether oxygens (including phenoxy) is 1. The van der Waals surface area contributed by atoms with Crippen LogP contribution in [0.4, 0.5) is 0 Å². The van der Waals surface area contributed by atoms with Crippen molar-refractivity contribution >= 4 is 18.4 Å². The van der Waals surface area contributed by atoms with Gasteiger partial charge in [-0.15, -0.1) is 12.4 Å². The van der Waals surface area contributed by atoms with E-state index in [2.05, 4.69) is 81.4 Å². The van der Waals surface area contributed by atoms with Crippen LogP contribution in [0.15, 0.2) is 60.7 Å². The molecule has 0 fully saturated rings. The largest absolute Gasteiger partial charge is 0.461 e. The number of benzene rings is 2. The first-order valence-corrected chi connectivity index (χ1v) is 9.35. The van der Waals surface area contributed by atoms with E-state index < -0.39 is 5.41 Å². The van der Waals surface area contributed by atoms with Gasteiger partial charge in [0.25, 0.3) is 0 Å². The highest BCUT2D eigenvalue weighted by Gasteiger charge is 2.47. The van der Waals surface area contributed by atoms with Gasteiger partial charge >= 0.3 is 5.97 Å². The lowest BCUT2D eigenvalue weighted by Crippen LogP contribution is -2.50. The molecule has 0 aliphatic heterocycles. The van der Waals surface area contributed by atoms with Crippen molar-refractivity contribution in [3.8, 4) is 0 Å². The summed E-state index contributed by atoms with van der Waals surface area (Å²) in [4.78, 5) is 14.1. The molecule has 0 spiro atoms. The smallest absolute Gasteiger partial charge is 0.302 e. The Morgan fingerprint density at radius 1 is 1.00 bits per heavy atom. The van der Waals surface area contributed by atoms with Crippen LogP contribution in [0.25, 0.3) is 0 Å². The summed E-state index contributed by atoms with van der Waals surface area (Å²) in [6.45, 7) is 6.74. The number of halogens is 1. The van der Waals surface area contributed by atoms with Crippen molar-refractivity contribution in [2.75, 3.05) is 20.6 Å². The van der Waals surface area contributed by atoms with Crippen molar-refractivity contribution < 1.29 is 9.53 Å². The molecular weight excluding hydrogens is 358 g/mol. The second-order valence-electron chi connectivity index (χ2n) is 7.27. The molecule has 0 N–H and O–H groups in total. The van der Waals surface area contributed by atoms with Gasteiger partial charge < -0.3 is 9.64 Å². The Hall–Kier alpha value is -1.84. The zero-order chi connectivity index (χ0) is 19.2. The van der Waals surface area contributed by atoms with Crippen LogP contribution in [0.3, 0.4) is 0 Å². The van der Waals surface area contributed by atoms with Crippen LogP contribution in [0, 0.1) is 5.92 Å². The molecule has 27 heavy (non-hydrogen) atoms. The van der Waals surface area contributed by atoms with E-state index in [-0.39, 0.29) is 30.4 Å². The number of carbonyl (C=O) groups is 1. The Balaban J connectivity index is 0.00000364. The van der Waals surface area contributed by atoms with Crippen LogP contribution in [0.1, 0.15) is 38.3 Å². The second-order valence-corrected chi connectivity index (χ2v) is 7.27. The molecular formula is C23H32ClNO2. The van der Waals surface area contributed by atoms with E-state index in [1.165, 1.54) is 18.1 Å². The van der Waals surface area contributed by atoms with Gasteiger partial charge in [0.2, 0.25) is 0 Å². The van der Waals surface area contributed by atoms with Gasteiger partial charge in [-0.2, -0.15) is 0 Å². The maximum absolute atomic E-state index is 11.9. The van der Waals surface area contributed by atoms with E-state index in [4.69, 9.17) is 4.74 Å². The molecule has 0 radical (unpaired) electrons. The molecule has 2 rings (SSSR count). The van der Waals surface area contributed by atoms with Crippen LogP contribution >= 0.6 is 12.4 Å². The first-order valence-electron chi connectivity index (χ1n) is 9.35. The van der Waals surface area contributed by atoms with E-state index in [9.17, 15) is 4.79 Å². The zero-order valence-electron chi connectivity index (χ0n) is 17.0. The number of nitrogens with zero attached hydrogens (tertiary/aromatic N) is 1. The van der Waals surface area contributed by atoms with Crippen LogP contribution in [-0.4, -0.2) is 37.6 Å². The maximum Gasteiger partial charge on any atom is 0.302 e. The fourth-order valence-electron chi connectivity index (χ4n) is 4.24. The van der Waals surface area contributed by atoms with Gasteiger partial charge in [-0.1, -0.05) is 74.5 Å². The summed E-state index contributed by atoms with van der Waals surface area (Å²) >= 11 is 0. The summed E-state index contributed by atoms with van der Waals surface area (Å²) in [6, 6.07) is 21.0. The monoisotopic (exact) mass is 389 g/mol. The molecule has 1 unspecified atom stereocenters. The highest BCUT2D eigenvalue weighted by Crippen LogP contribution is 2.45. The van der Waals surface area contributed by atoms with Crippen molar-refractivity contribution in [3.63, 3.8) is 0 Å². The van der Waals surface area contributed by atoms with E-state index in [1.54, 1.807) is 0 Å². The Morgan fingerprint density at radius 2 is 1.44 bits per heavy atom. The van der Waals surface area contributed by atoms with Crippen molar-refractivity contribution in [1.82, 2.24) is 4.90 Å². The molecule has 0 aliphatic carbocycles. The van der Waals surface area contributed by atoms with E-state index >= 15 is 0 Å². The quantitative estimate of drug-likeness (QED) is 0.599. The van der Waals surface area contributed by atoms with E-state index in [1.807, 2.05) is 12.1 Å². The fraction of sp³-hybridized carbons (Fsp3) is 0.435. The molecule has 0 heterocycles. The minimum Gasteiger partial charge on any atom is -0.461 e. The van der Waals surface area contributed by atoms with Crippen LogP contribution in [0.5, 0.6) is 0 Å². The number of esters is 1. The van der Waals surface area contributed by atoms with Crippen LogP contribution < -0.4 is 0 Å². The summed E-state index contributed by atoms with van der Waals surface area (Å²) in [6.07, 6.45) is 0.515. The lowest BCUT2D eigenvalue weighted by molar-refractivity contribution is -0.150. The molecule has 4 heteroatoms. The minimum atomic E-state index is -0.410. The fourth-order valence-corrected chi connectivity index (χ4v) is 4.24. The van der Waals surface area contributed by atoms with Gasteiger partial charge in [0.1, 0.15) is 6.10 Å². The van der Waals surface area contributed by atoms with Gasteiger partial charge in [0, 0.05) is 13.5 Å². The molecule has 2 atom stereocenters. The molecule has 3 nitrogen and oxygen atoms in total. The first-order chi connectivity index (χ1) is 12.4. The van der Waals surface area contributed by atoms with Gasteiger partial charge in [-0.3, -0.25) is 4.79 Å². The third kappa shape index (κ3) is 5.12. The summed E-state index contributed by atoms with van der Waals surface area (Å²) < 4.78 is 5.92. The van der Waals surface area contributed by atoms with Crippen molar-refractivity contribution in [2.24, 2.45) is 5.92 Å². The predicted molar refractivity (Wildman–Crippen MR) is 114 cm³/mol. The summed E-state index contributed by atoms with van der Waals surface area (Å²) in [7, 11) is 4.17. The van der Waals surface area contributed by atoms with Crippen LogP contribution in [0.2, 0.25) is 0 Å². The average Bonchev–Trinajstić information content (AvgIpc) is 2.62. The average molecular weight is 390 g/mol. The van der Waals surface area contributed by atoms with Crippen molar-refractivity contribution in [1.29, 1.82) is 0 Å². The highest BCUT2D eigenvalue weighted by molar-refractivity contribution is 5.85. The Morgan fingerprint density at radius 3 is 1.78 bits per heavy atom. The van der Waals surface area contributed by atoms with Crippen molar-refractivity contribution in [3.05, 3.63) is 71.8 Å². The highest BCUT2D eigenvalue weighted by atomic mass is 35.5. The molecule has 0 saturated heterocycles. The number of carbonyl (C=O) groups excluding carboxylic acids is 1. The van der Waals surface area contributed by atoms with Crippen LogP contribution in [-0.2, 0) is 14.9 Å². The van der Waals surface area contributed by atoms with E-state index in [0.717, 1.165) is 13.0 Å². The number of hydrogen-bond donors (Lipinski definition) is 0. The number of hydrogen-bond acceptors (Lipinski definition) is 3. The molecule has 0 amide bonds. The number of rotatable bonds is 8. The summed E-state index contributed by atoms with van der Waals surface area (Å²) in [5.74, 6) is 0.0109. The Labute approximate surface area is 170 Å². The standard InChI is InChI=1S/C23H31NO2.ClH/c1-6-22(26-19(3)25)23(18(2)17-24(4)5,20-13-9-7-10-14-20)21-15-11-8-12-16-21;/h7-16,18,22H,6,17H2,1-5H3;1H/t18?,22-;/m1./s1. The first kappa shape index (κ1) is 23.2. The molecule has 0 aromatic heterocycles. The predicted octanol–water partition coefficient (Wildman–Crippen LogP) is 4.93. The van der Waals surface area contributed by atoms with Gasteiger partial charge in [-0.05, 0) is 37.6 Å². The van der Waals surface area contributed by atoms with Gasteiger partial charge in [0.15, 0.2) is 0 Å². The molecule has 0 aliphatic rings. The lowest BCUT2D eigenvalue weighted by atomic mass is 9.62.